The van der Waals surface area contributed by atoms with E-state index in [-0.39, 0.29) is 11.5 Å². The van der Waals surface area contributed by atoms with E-state index in [1.807, 2.05) is 12.1 Å². The van der Waals surface area contributed by atoms with E-state index in [1.54, 1.807) is 6.20 Å². The van der Waals surface area contributed by atoms with Crippen LogP contribution in [0.15, 0.2) is 18.3 Å². The number of piperidine rings is 1. The Morgan fingerprint density at radius 3 is 2.76 bits per heavy atom. The van der Waals surface area contributed by atoms with Crippen LogP contribution in [0.25, 0.3) is 0 Å². The summed E-state index contributed by atoms with van der Waals surface area (Å²) in [4.78, 5) is 22.0. The van der Waals surface area contributed by atoms with Crippen molar-refractivity contribution in [2.75, 3.05) is 24.5 Å². The molecule has 2 saturated heterocycles. The summed E-state index contributed by atoms with van der Waals surface area (Å²) in [5.41, 5.74) is -0.283. The molecular weight excluding hydrogens is 338 g/mol. The van der Waals surface area contributed by atoms with E-state index in [9.17, 15) is 9.90 Å². The Morgan fingerprint density at radius 2 is 2.00 bits per heavy atom. The first-order chi connectivity index (χ1) is 12.1. The van der Waals surface area contributed by atoms with Gasteiger partial charge in [0.2, 0.25) is 5.91 Å². The Bertz CT molecular complexity index is 647. The van der Waals surface area contributed by atoms with Crippen molar-refractivity contribution in [3.8, 4) is 0 Å². The molecule has 1 aromatic heterocycles. The Balaban J connectivity index is 1.50. The van der Waals surface area contributed by atoms with Crippen LogP contribution in [0.5, 0.6) is 0 Å². The third-order valence-electron chi connectivity index (χ3n) is 6.27. The summed E-state index contributed by atoms with van der Waals surface area (Å²) in [5, 5.41) is 10.4. The fourth-order valence-corrected chi connectivity index (χ4v) is 5.11. The highest BCUT2D eigenvalue weighted by Crippen LogP contribution is 2.43. The summed E-state index contributed by atoms with van der Waals surface area (Å²) in [6.45, 7) is 2.47. The predicted molar refractivity (Wildman–Crippen MR) is 97.7 cm³/mol. The molecule has 1 N–H and O–H groups in total. The van der Waals surface area contributed by atoms with E-state index in [4.69, 9.17) is 11.6 Å². The third-order valence-corrected chi connectivity index (χ3v) is 6.56. The highest BCUT2D eigenvalue weighted by molar-refractivity contribution is 6.32. The van der Waals surface area contributed by atoms with Gasteiger partial charge in [0.1, 0.15) is 5.82 Å². The van der Waals surface area contributed by atoms with Gasteiger partial charge in [0.05, 0.1) is 16.5 Å². The summed E-state index contributed by atoms with van der Waals surface area (Å²) >= 11 is 6.33. The van der Waals surface area contributed by atoms with Gasteiger partial charge in [0, 0.05) is 31.9 Å². The van der Waals surface area contributed by atoms with E-state index >= 15 is 0 Å². The molecule has 1 aliphatic carbocycles. The van der Waals surface area contributed by atoms with Crippen molar-refractivity contribution in [2.24, 2.45) is 5.41 Å². The number of aromatic nitrogens is 1. The van der Waals surface area contributed by atoms with Gasteiger partial charge in [0.25, 0.3) is 0 Å². The molecule has 25 heavy (non-hydrogen) atoms. The van der Waals surface area contributed by atoms with Crippen LogP contribution in [0.2, 0.25) is 5.02 Å². The van der Waals surface area contributed by atoms with Gasteiger partial charge in [0.15, 0.2) is 0 Å². The standard InChI is InChI=1S/C19H26ClN3O2/c20-16-3-1-10-21-17(16)22-11-2-8-19(13-22)9-12-23(18(19)25)14-4-6-15(24)7-5-14/h1,3,10,14-15,24H,2,4-9,11-13H2/t14?,15?,19-/m0/s1. The number of hydrogen-bond donors (Lipinski definition) is 1. The molecule has 3 fully saturated rings. The average Bonchev–Trinajstić information content (AvgIpc) is 2.92. The largest absolute Gasteiger partial charge is 0.393 e. The van der Waals surface area contributed by atoms with Crippen molar-refractivity contribution in [3.63, 3.8) is 0 Å². The number of hydrogen-bond acceptors (Lipinski definition) is 4. The molecule has 1 saturated carbocycles. The second-order valence-corrected chi connectivity index (χ2v) is 8.23. The van der Waals surface area contributed by atoms with Crippen LogP contribution in [0, 0.1) is 5.41 Å². The lowest BCUT2D eigenvalue weighted by Crippen LogP contribution is -2.50. The van der Waals surface area contributed by atoms with Crippen molar-refractivity contribution < 1.29 is 9.90 Å². The van der Waals surface area contributed by atoms with Crippen molar-refractivity contribution in [3.05, 3.63) is 23.4 Å². The molecule has 0 unspecified atom stereocenters. The summed E-state index contributed by atoms with van der Waals surface area (Å²) in [7, 11) is 0. The second kappa shape index (κ2) is 6.76. The molecule has 6 heteroatoms. The molecule has 1 amide bonds. The molecular formula is C19H26ClN3O2. The first-order valence-corrected chi connectivity index (χ1v) is 9.81. The van der Waals surface area contributed by atoms with Crippen LogP contribution in [0.1, 0.15) is 44.9 Å². The molecule has 136 valence electrons. The summed E-state index contributed by atoms with van der Waals surface area (Å²) in [6.07, 6.45) is 7.95. The van der Waals surface area contributed by atoms with Gasteiger partial charge in [-0.2, -0.15) is 0 Å². The normalized spacial score (nSPS) is 33.3. The van der Waals surface area contributed by atoms with E-state index in [0.717, 1.165) is 63.9 Å². The summed E-state index contributed by atoms with van der Waals surface area (Å²) in [6, 6.07) is 4.01. The molecule has 1 atom stereocenters. The van der Waals surface area contributed by atoms with Crippen LogP contribution >= 0.6 is 11.6 Å². The van der Waals surface area contributed by atoms with Gasteiger partial charge < -0.3 is 14.9 Å². The van der Waals surface area contributed by atoms with E-state index in [2.05, 4.69) is 14.8 Å². The highest BCUT2D eigenvalue weighted by Gasteiger charge is 2.50. The zero-order valence-corrected chi connectivity index (χ0v) is 15.3. The lowest BCUT2D eigenvalue weighted by atomic mass is 9.78. The minimum absolute atomic E-state index is 0.181. The molecule has 0 aromatic carbocycles. The molecule has 0 bridgehead atoms. The maximum absolute atomic E-state index is 13.3. The van der Waals surface area contributed by atoms with Gasteiger partial charge in [-0.05, 0) is 57.1 Å². The van der Waals surface area contributed by atoms with Gasteiger partial charge in [-0.1, -0.05) is 11.6 Å². The smallest absolute Gasteiger partial charge is 0.230 e. The van der Waals surface area contributed by atoms with Gasteiger partial charge in [-0.3, -0.25) is 4.79 Å². The summed E-state index contributed by atoms with van der Waals surface area (Å²) in [5.74, 6) is 1.11. The Hall–Kier alpha value is -1.33. The number of likely N-dealkylation sites (tertiary alicyclic amines) is 1. The molecule has 0 radical (unpaired) electrons. The average molecular weight is 364 g/mol. The van der Waals surface area contributed by atoms with Gasteiger partial charge in [-0.15, -0.1) is 0 Å². The Labute approximate surface area is 154 Å². The van der Waals surface area contributed by atoms with Gasteiger partial charge >= 0.3 is 0 Å². The SMILES string of the molecule is O=C1N(C2CCC(O)CC2)CC[C@]12CCCN(c1ncccc1Cl)C2. The van der Waals surface area contributed by atoms with Crippen molar-refractivity contribution in [2.45, 2.75) is 57.1 Å². The third kappa shape index (κ3) is 3.13. The van der Waals surface area contributed by atoms with Gasteiger partial charge in [-0.25, -0.2) is 4.98 Å². The number of anilines is 1. The first kappa shape index (κ1) is 17.1. The number of carbonyl (C=O) groups excluding carboxylic acids is 1. The predicted octanol–water partition coefficient (Wildman–Crippen LogP) is 2.86. The lowest BCUT2D eigenvalue weighted by Gasteiger charge is -2.41. The Morgan fingerprint density at radius 1 is 1.20 bits per heavy atom. The monoisotopic (exact) mass is 363 g/mol. The van der Waals surface area contributed by atoms with Crippen molar-refractivity contribution in [1.29, 1.82) is 0 Å². The lowest BCUT2D eigenvalue weighted by molar-refractivity contribution is -0.139. The number of carbonyl (C=O) groups is 1. The topological polar surface area (TPSA) is 56.7 Å². The van der Waals surface area contributed by atoms with Crippen molar-refractivity contribution in [1.82, 2.24) is 9.88 Å². The van der Waals surface area contributed by atoms with Crippen LogP contribution in [-0.4, -0.2) is 52.7 Å². The van der Waals surface area contributed by atoms with E-state index < -0.39 is 0 Å². The molecule has 3 aliphatic rings. The first-order valence-electron chi connectivity index (χ1n) is 9.44. The molecule has 4 rings (SSSR count). The maximum atomic E-state index is 13.3. The highest BCUT2D eigenvalue weighted by atomic mass is 35.5. The van der Waals surface area contributed by atoms with Crippen LogP contribution in [0.3, 0.4) is 0 Å². The second-order valence-electron chi connectivity index (χ2n) is 7.83. The zero-order valence-electron chi connectivity index (χ0n) is 14.5. The quantitative estimate of drug-likeness (QED) is 0.877. The van der Waals surface area contributed by atoms with Crippen molar-refractivity contribution >= 4 is 23.3 Å². The van der Waals surface area contributed by atoms with Crippen LogP contribution in [0.4, 0.5) is 5.82 Å². The molecule has 3 heterocycles. The fraction of sp³-hybridized carbons (Fsp3) is 0.684. The Kier molecular flexibility index (Phi) is 4.63. The van der Waals surface area contributed by atoms with E-state index in [1.165, 1.54) is 0 Å². The maximum Gasteiger partial charge on any atom is 0.230 e. The molecule has 1 spiro atoms. The molecule has 1 aromatic rings. The number of amides is 1. The number of aliphatic hydroxyl groups is 1. The molecule has 2 aliphatic heterocycles. The summed E-state index contributed by atoms with van der Waals surface area (Å²) < 4.78 is 0. The fourth-order valence-electron chi connectivity index (χ4n) is 4.87. The zero-order chi connectivity index (χ0) is 17.4. The number of halogens is 1. The number of nitrogens with zero attached hydrogens (tertiary/aromatic N) is 3. The minimum Gasteiger partial charge on any atom is -0.393 e. The van der Waals surface area contributed by atoms with Crippen LogP contribution in [-0.2, 0) is 4.79 Å². The number of pyridine rings is 1. The minimum atomic E-state index is -0.283. The van der Waals surface area contributed by atoms with Crippen LogP contribution < -0.4 is 4.90 Å². The number of rotatable bonds is 2. The van der Waals surface area contributed by atoms with E-state index in [0.29, 0.717) is 23.5 Å². The molecule has 5 nitrogen and oxygen atoms in total. The number of aliphatic hydroxyl groups excluding tert-OH is 1.